The summed E-state index contributed by atoms with van der Waals surface area (Å²) in [6, 6.07) is 11.0. The van der Waals surface area contributed by atoms with Gasteiger partial charge in [-0.2, -0.15) is 0 Å². The van der Waals surface area contributed by atoms with E-state index < -0.39 is 11.9 Å². The van der Waals surface area contributed by atoms with Gasteiger partial charge in [-0.1, -0.05) is 32.9 Å². The van der Waals surface area contributed by atoms with Crippen LogP contribution in [0.1, 0.15) is 44.4 Å². The Morgan fingerprint density at radius 2 is 1.61 bits per heavy atom. The monoisotopic (exact) mass is 423 g/mol. The molecule has 2 aromatic rings. The molecule has 0 radical (unpaired) electrons. The number of hydrogen-bond donors (Lipinski definition) is 0. The first kappa shape index (κ1) is 22.1. The number of rotatable bonds is 5. The third-order valence-electron chi connectivity index (χ3n) is 4.65. The van der Waals surface area contributed by atoms with Gasteiger partial charge < -0.3 is 18.9 Å². The van der Waals surface area contributed by atoms with Crippen LogP contribution >= 0.6 is 0 Å². The molecule has 0 atom stereocenters. The first-order chi connectivity index (χ1) is 14.6. The Bertz CT molecular complexity index is 1050. The van der Waals surface area contributed by atoms with Crippen LogP contribution in [0.5, 0.6) is 17.2 Å². The topological polar surface area (TPSA) is 83.4 Å². The fraction of sp³-hybridized carbons (Fsp3) is 0.292. The van der Waals surface area contributed by atoms with Crippen LogP contribution in [0.15, 0.2) is 47.1 Å². The predicted octanol–water partition coefficient (Wildman–Crippen LogP) is 4.27. The summed E-state index contributed by atoms with van der Waals surface area (Å²) in [7, 11) is 2.89. The van der Waals surface area contributed by atoms with Crippen LogP contribution in [0.25, 0.3) is 6.08 Å². The third-order valence-corrected chi connectivity index (χ3v) is 4.65. The van der Waals surface area contributed by atoms with E-state index in [4.69, 9.17) is 18.9 Å². The van der Waals surface area contributed by atoms with Gasteiger partial charge in [0.15, 0.2) is 17.2 Å². The lowest BCUT2D eigenvalue weighted by molar-refractivity contribution is -0.132. The van der Waals surface area contributed by atoms with Gasteiger partial charge in [0.2, 0.25) is 11.6 Å². The molecule has 31 heavy (non-hydrogen) atoms. The van der Waals surface area contributed by atoms with Crippen LogP contribution in [0.3, 0.4) is 0 Å². The highest BCUT2D eigenvalue weighted by molar-refractivity contribution is 6.12. The Labute approximate surface area is 181 Å². The lowest BCUT2D eigenvalue weighted by atomic mass is 9.87. The molecule has 1 aliphatic heterocycles. The standard InChI is InChI=1S/C24H25NO6/c1-14(26)30-21-19(28-5)12-15(13-20(21)29-6)11-18-23(27)31-22(25-18)16-7-9-17(10-8-16)24(2,3)4/h7-13H,1-6H3/b18-11+. The van der Waals surface area contributed by atoms with E-state index >= 15 is 0 Å². The minimum Gasteiger partial charge on any atom is -0.493 e. The van der Waals surface area contributed by atoms with Crippen LogP contribution in [0.4, 0.5) is 0 Å². The molecular formula is C24H25NO6. The van der Waals surface area contributed by atoms with E-state index in [0.29, 0.717) is 11.1 Å². The zero-order valence-electron chi connectivity index (χ0n) is 18.4. The second-order valence-electron chi connectivity index (χ2n) is 8.01. The summed E-state index contributed by atoms with van der Waals surface area (Å²) in [5, 5.41) is 0. The van der Waals surface area contributed by atoms with Gasteiger partial charge in [0, 0.05) is 12.5 Å². The zero-order valence-corrected chi connectivity index (χ0v) is 18.4. The van der Waals surface area contributed by atoms with E-state index in [-0.39, 0.29) is 34.3 Å². The number of aliphatic imine (C=N–C) groups is 1. The molecule has 0 fully saturated rings. The largest absolute Gasteiger partial charge is 0.493 e. The van der Waals surface area contributed by atoms with E-state index in [2.05, 4.69) is 25.8 Å². The van der Waals surface area contributed by atoms with Crippen molar-refractivity contribution in [3.05, 3.63) is 58.8 Å². The minimum atomic E-state index is -0.558. The van der Waals surface area contributed by atoms with Crippen molar-refractivity contribution in [2.75, 3.05) is 14.2 Å². The van der Waals surface area contributed by atoms with Crippen molar-refractivity contribution in [1.29, 1.82) is 0 Å². The number of methoxy groups -OCH3 is 2. The van der Waals surface area contributed by atoms with Gasteiger partial charge in [-0.15, -0.1) is 0 Å². The van der Waals surface area contributed by atoms with Crippen molar-refractivity contribution < 1.29 is 28.5 Å². The number of nitrogens with zero attached hydrogens (tertiary/aromatic N) is 1. The Kier molecular flexibility index (Phi) is 6.15. The number of ether oxygens (including phenoxy) is 4. The molecule has 0 saturated carbocycles. The molecule has 0 N–H and O–H groups in total. The molecule has 0 unspecified atom stereocenters. The number of hydrogen-bond acceptors (Lipinski definition) is 7. The number of carbonyl (C=O) groups is 2. The summed E-state index contributed by atoms with van der Waals surface area (Å²) in [5.41, 5.74) is 2.62. The van der Waals surface area contributed by atoms with Crippen LogP contribution in [-0.2, 0) is 19.7 Å². The predicted molar refractivity (Wildman–Crippen MR) is 117 cm³/mol. The van der Waals surface area contributed by atoms with E-state index in [9.17, 15) is 9.59 Å². The van der Waals surface area contributed by atoms with Gasteiger partial charge >= 0.3 is 11.9 Å². The SMILES string of the molecule is COc1cc(/C=C2/N=C(c3ccc(C(C)(C)C)cc3)OC2=O)cc(OC)c1OC(C)=O. The molecular weight excluding hydrogens is 398 g/mol. The van der Waals surface area contributed by atoms with Crippen molar-refractivity contribution in [1.82, 2.24) is 0 Å². The maximum absolute atomic E-state index is 12.4. The molecule has 0 aliphatic carbocycles. The van der Waals surface area contributed by atoms with Crippen molar-refractivity contribution in [3.63, 3.8) is 0 Å². The number of benzene rings is 2. The smallest absolute Gasteiger partial charge is 0.363 e. The lowest BCUT2D eigenvalue weighted by Gasteiger charge is -2.18. The minimum absolute atomic E-state index is 0.0220. The average molecular weight is 423 g/mol. The molecule has 1 aliphatic rings. The van der Waals surface area contributed by atoms with Crippen LogP contribution in [0, 0.1) is 0 Å². The molecule has 3 rings (SSSR count). The van der Waals surface area contributed by atoms with Gasteiger partial charge in [-0.3, -0.25) is 4.79 Å². The van der Waals surface area contributed by atoms with E-state index in [1.165, 1.54) is 26.7 Å². The summed E-state index contributed by atoms with van der Waals surface area (Å²) in [5.74, 6) is -0.0842. The van der Waals surface area contributed by atoms with Gasteiger partial charge in [0.1, 0.15) is 0 Å². The molecule has 0 amide bonds. The number of cyclic esters (lactones) is 1. The molecule has 162 valence electrons. The molecule has 0 spiro atoms. The highest BCUT2D eigenvalue weighted by Gasteiger charge is 2.25. The first-order valence-electron chi connectivity index (χ1n) is 9.70. The number of esters is 2. The average Bonchev–Trinajstić information content (AvgIpc) is 3.08. The normalized spacial score (nSPS) is 14.8. The van der Waals surface area contributed by atoms with Gasteiger partial charge in [-0.25, -0.2) is 9.79 Å². The fourth-order valence-corrected chi connectivity index (χ4v) is 3.03. The van der Waals surface area contributed by atoms with Crippen molar-refractivity contribution in [3.8, 4) is 17.2 Å². The van der Waals surface area contributed by atoms with Crippen molar-refractivity contribution >= 4 is 23.9 Å². The maximum atomic E-state index is 12.4. The summed E-state index contributed by atoms with van der Waals surface area (Å²) >= 11 is 0. The van der Waals surface area contributed by atoms with Crippen LogP contribution in [0.2, 0.25) is 0 Å². The molecule has 0 saturated heterocycles. The van der Waals surface area contributed by atoms with E-state index in [0.717, 1.165) is 0 Å². The summed E-state index contributed by atoms with van der Waals surface area (Å²) in [4.78, 5) is 28.1. The fourth-order valence-electron chi connectivity index (χ4n) is 3.03. The van der Waals surface area contributed by atoms with Crippen molar-refractivity contribution in [2.45, 2.75) is 33.1 Å². The van der Waals surface area contributed by atoms with Crippen LogP contribution < -0.4 is 14.2 Å². The Morgan fingerprint density at radius 3 is 2.10 bits per heavy atom. The first-order valence-corrected chi connectivity index (χ1v) is 9.70. The lowest BCUT2D eigenvalue weighted by Crippen LogP contribution is -2.11. The molecule has 0 aromatic heterocycles. The quantitative estimate of drug-likeness (QED) is 0.406. The third kappa shape index (κ3) is 4.94. The summed E-state index contributed by atoms with van der Waals surface area (Å²) < 4.78 is 21.2. The van der Waals surface area contributed by atoms with Crippen molar-refractivity contribution in [2.24, 2.45) is 4.99 Å². The maximum Gasteiger partial charge on any atom is 0.363 e. The van der Waals surface area contributed by atoms with E-state index in [1.807, 2.05) is 24.3 Å². The second-order valence-corrected chi connectivity index (χ2v) is 8.01. The molecule has 7 heteroatoms. The molecule has 1 heterocycles. The van der Waals surface area contributed by atoms with E-state index in [1.54, 1.807) is 18.2 Å². The number of carbonyl (C=O) groups excluding carboxylic acids is 2. The van der Waals surface area contributed by atoms with Gasteiger partial charge in [0.25, 0.3) is 0 Å². The highest BCUT2D eigenvalue weighted by atomic mass is 16.6. The second kappa shape index (κ2) is 8.63. The molecule has 0 bridgehead atoms. The van der Waals surface area contributed by atoms with Gasteiger partial charge in [-0.05, 0) is 46.9 Å². The Hall–Kier alpha value is -3.61. The van der Waals surface area contributed by atoms with Gasteiger partial charge in [0.05, 0.1) is 14.2 Å². The zero-order chi connectivity index (χ0) is 22.8. The summed E-state index contributed by atoms with van der Waals surface area (Å²) in [6.07, 6.45) is 1.56. The Balaban J connectivity index is 1.95. The molecule has 2 aromatic carbocycles. The highest BCUT2D eigenvalue weighted by Crippen LogP contribution is 2.39. The molecule has 7 nitrogen and oxygen atoms in total. The van der Waals surface area contributed by atoms with Crippen LogP contribution in [-0.4, -0.2) is 32.1 Å². The Morgan fingerprint density at radius 1 is 1.03 bits per heavy atom. The summed E-state index contributed by atoms with van der Waals surface area (Å²) in [6.45, 7) is 7.68.